The van der Waals surface area contributed by atoms with Crippen LogP contribution >= 0.6 is 0 Å². The van der Waals surface area contributed by atoms with E-state index in [4.69, 9.17) is 4.74 Å². The number of aromatic nitrogens is 2. The summed E-state index contributed by atoms with van der Waals surface area (Å²) in [7, 11) is 1.68. The molecule has 0 fully saturated rings. The lowest BCUT2D eigenvalue weighted by Crippen LogP contribution is -2.34. The van der Waals surface area contributed by atoms with Crippen LogP contribution in [0.1, 0.15) is 28.7 Å². The minimum Gasteiger partial charge on any atom is -0.494 e. The molecule has 0 aliphatic rings. The third-order valence-corrected chi connectivity index (χ3v) is 3.81. The number of benzene rings is 1. The zero-order chi connectivity index (χ0) is 18.4. The Hall–Kier alpha value is -2.83. The number of carbonyl (C=O) groups excluding carboxylic acids is 1. The highest BCUT2D eigenvalue weighted by atomic mass is 16.5. The van der Waals surface area contributed by atoms with Crippen LogP contribution in [0.5, 0.6) is 5.75 Å². The fraction of sp³-hybridized carbons (Fsp3) is 0.389. The molecule has 25 heavy (non-hydrogen) atoms. The topological polar surface area (TPSA) is 93.5 Å². The zero-order valence-corrected chi connectivity index (χ0v) is 14.7. The lowest BCUT2D eigenvalue weighted by atomic mass is 9.99. The van der Waals surface area contributed by atoms with Crippen LogP contribution in [0.25, 0.3) is 0 Å². The van der Waals surface area contributed by atoms with Crippen molar-refractivity contribution in [3.63, 3.8) is 0 Å². The molecule has 0 saturated heterocycles. The van der Waals surface area contributed by atoms with E-state index >= 15 is 0 Å². The first-order valence-electron chi connectivity index (χ1n) is 8.14. The molecule has 1 amide bonds. The summed E-state index contributed by atoms with van der Waals surface area (Å²) in [6.07, 6.45) is 0.326. The molecule has 2 N–H and O–H groups in total. The Bertz CT molecular complexity index is 737. The minimum atomic E-state index is -0.949. The van der Waals surface area contributed by atoms with Gasteiger partial charge in [0.05, 0.1) is 18.2 Å². The van der Waals surface area contributed by atoms with Crippen LogP contribution in [-0.4, -0.2) is 39.9 Å². The maximum atomic E-state index is 12.2. The standard InChI is InChI=1S/C18H23N3O4/c1-4-25-15-7-5-13(6-8-15)10-14(18(23)24)11-19-17(22)16-9-12(2)20-21(16)3/h5-9,14H,4,10-11H2,1-3H3,(H,19,22)(H,23,24). The Morgan fingerprint density at radius 2 is 2.00 bits per heavy atom. The molecule has 7 heteroatoms. The summed E-state index contributed by atoms with van der Waals surface area (Å²) in [6.45, 7) is 4.33. The van der Waals surface area contributed by atoms with Crippen molar-refractivity contribution >= 4 is 11.9 Å². The number of aryl methyl sites for hydroxylation is 2. The molecule has 1 aromatic heterocycles. The lowest BCUT2D eigenvalue weighted by molar-refractivity contribution is -0.141. The zero-order valence-electron chi connectivity index (χ0n) is 14.7. The van der Waals surface area contributed by atoms with Gasteiger partial charge in [-0.1, -0.05) is 12.1 Å². The van der Waals surface area contributed by atoms with Crippen molar-refractivity contribution in [3.05, 3.63) is 47.3 Å². The SMILES string of the molecule is CCOc1ccc(CC(CNC(=O)c2cc(C)nn2C)C(=O)O)cc1. The smallest absolute Gasteiger partial charge is 0.308 e. The summed E-state index contributed by atoms with van der Waals surface area (Å²) in [5.74, 6) is -1.24. The number of hydrogen-bond acceptors (Lipinski definition) is 4. The van der Waals surface area contributed by atoms with E-state index < -0.39 is 11.9 Å². The first-order chi connectivity index (χ1) is 11.9. The van der Waals surface area contributed by atoms with E-state index in [0.717, 1.165) is 17.0 Å². The van der Waals surface area contributed by atoms with Crippen molar-refractivity contribution < 1.29 is 19.4 Å². The number of carboxylic acids is 1. The molecule has 0 aliphatic heterocycles. The van der Waals surface area contributed by atoms with Gasteiger partial charge in [-0.15, -0.1) is 0 Å². The highest BCUT2D eigenvalue weighted by Crippen LogP contribution is 2.15. The van der Waals surface area contributed by atoms with Gasteiger partial charge >= 0.3 is 5.97 Å². The number of hydrogen-bond donors (Lipinski definition) is 2. The van der Waals surface area contributed by atoms with E-state index in [1.165, 1.54) is 4.68 Å². The summed E-state index contributed by atoms with van der Waals surface area (Å²) < 4.78 is 6.85. The summed E-state index contributed by atoms with van der Waals surface area (Å²) in [6, 6.07) is 8.97. The number of carboxylic acid groups (broad SMARTS) is 1. The number of ether oxygens (including phenoxy) is 1. The number of amides is 1. The van der Waals surface area contributed by atoms with Gasteiger partial charge in [-0.2, -0.15) is 5.10 Å². The molecule has 0 aliphatic carbocycles. The normalized spacial score (nSPS) is 11.8. The molecule has 1 unspecified atom stereocenters. The molecule has 7 nitrogen and oxygen atoms in total. The van der Waals surface area contributed by atoms with E-state index in [2.05, 4.69) is 10.4 Å². The molecule has 2 aromatic rings. The van der Waals surface area contributed by atoms with Gasteiger partial charge in [0, 0.05) is 13.6 Å². The second kappa shape index (κ2) is 8.32. The Labute approximate surface area is 146 Å². The van der Waals surface area contributed by atoms with Crippen molar-refractivity contribution in [1.82, 2.24) is 15.1 Å². The molecule has 0 bridgehead atoms. The molecule has 134 valence electrons. The van der Waals surface area contributed by atoms with Gasteiger partial charge in [0.25, 0.3) is 5.91 Å². The van der Waals surface area contributed by atoms with Crippen molar-refractivity contribution in [1.29, 1.82) is 0 Å². The highest BCUT2D eigenvalue weighted by Gasteiger charge is 2.20. The molecule has 1 atom stereocenters. The maximum Gasteiger partial charge on any atom is 0.308 e. The second-order valence-electron chi connectivity index (χ2n) is 5.82. The maximum absolute atomic E-state index is 12.2. The average molecular weight is 345 g/mol. The largest absolute Gasteiger partial charge is 0.494 e. The number of aliphatic carboxylic acids is 1. The summed E-state index contributed by atoms with van der Waals surface area (Å²) in [5, 5.41) is 16.2. The fourth-order valence-corrected chi connectivity index (χ4v) is 2.55. The van der Waals surface area contributed by atoms with Crippen molar-refractivity contribution in [2.75, 3.05) is 13.2 Å². The third-order valence-electron chi connectivity index (χ3n) is 3.81. The molecule has 0 saturated carbocycles. The van der Waals surface area contributed by atoms with E-state index in [9.17, 15) is 14.7 Å². The van der Waals surface area contributed by atoms with Gasteiger partial charge in [-0.3, -0.25) is 14.3 Å². The van der Waals surface area contributed by atoms with Gasteiger partial charge < -0.3 is 15.2 Å². The Morgan fingerprint density at radius 1 is 1.32 bits per heavy atom. The van der Waals surface area contributed by atoms with Crippen LogP contribution in [0.2, 0.25) is 0 Å². The first-order valence-corrected chi connectivity index (χ1v) is 8.14. The Balaban J connectivity index is 1.97. The second-order valence-corrected chi connectivity index (χ2v) is 5.82. The molecular formula is C18H23N3O4. The summed E-state index contributed by atoms with van der Waals surface area (Å²) in [5.41, 5.74) is 2.01. The molecule has 2 rings (SSSR count). The van der Waals surface area contributed by atoms with E-state index in [-0.39, 0.29) is 12.5 Å². The van der Waals surface area contributed by atoms with Crippen molar-refractivity contribution in [2.45, 2.75) is 20.3 Å². The number of nitrogens with one attached hydrogen (secondary N) is 1. The third kappa shape index (κ3) is 5.07. The van der Waals surface area contributed by atoms with Crippen LogP contribution in [0.4, 0.5) is 0 Å². The molecule has 1 aromatic carbocycles. The quantitative estimate of drug-likeness (QED) is 0.761. The Morgan fingerprint density at radius 3 is 2.52 bits per heavy atom. The van der Waals surface area contributed by atoms with Gasteiger partial charge in [-0.25, -0.2) is 0 Å². The first kappa shape index (κ1) is 18.5. The van der Waals surface area contributed by atoms with Gasteiger partial charge in [0.1, 0.15) is 11.4 Å². The van der Waals surface area contributed by atoms with Crippen LogP contribution in [0, 0.1) is 12.8 Å². The number of rotatable bonds is 8. The fourth-order valence-electron chi connectivity index (χ4n) is 2.55. The lowest BCUT2D eigenvalue weighted by Gasteiger charge is -2.14. The predicted octanol–water partition coefficient (Wildman–Crippen LogP) is 1.80. The summed E-state index contributed by atoms with van der Waals surface area (Å²) in [4.78, 5) is 23.7. The van der Waals surface area contributed by atoms with E-state index in [1.54, 1.807) is 20.0 Å². The monoisotopic (exact) mass is 345 g/mol. The molecular weight excluding hydrogens is 322 g/mol. The van der Waals surface area contributed by atoms with Gasteiger partial charge in [0.15, 0.2) is 0 Å². The summed E-state index contributed by atoms with van der Waals surface area (Å²) >= 11 is 0. The van der Waals surface area contributed by atoms with Crippen LogP contribution in [0.3, 0.4) is 0 Å². The van der Waals surface area contributed by atoms with Gasteiger partial charge in [0.2, 0.25) is 0 Å². The number of nitrogens with zero attached hydrogens (tertiary/aromatic N) is 2. The molecule has 0 radical (unpaired) electrons. The van der Waals surface area contributed by atoms with Gasteiger partial charge in [-0.05, 0) is 44.0 Å². The molecule has 1 heterocycles. The highest BCUT2D eigenvalue weighted by molar-refractivity contribution is 5.92. The number of carbonyl (C=O) groups is 2. The van der Waals surface area contributed by atoms with Crippen molar-refractivity contribution in [3.8, 4) is 5.75 Å². The predicted molar refractivity (Wildman–Crippen MR) is 92.7 cm³/mol. The minimum absolute atomic E-state index is 0.0472. The van der Waals surface area contributed by atoms with E-state index in [0.29, 0.717) is 18.7 Å². The van der Waals surface area contributed by atoms with Crippen LogP contribution in [0.15, 0.2) is 30.3 Å². The van der Waals surface area contributed by atoms with Crippen LogP contribution in [-0.2, 0) is 18.3 Å². The molecule has 0 spiro atoms. The average Bonchev–Trinajstić information content (AvgIpc) is 2.91. The van der Waals surface area contributed by atoms with E-state index in [1.807, 2.05) is 31.2 Å². The van der Waals surface area contributed by atoms with Crippen molar-refractivity contribution in [2.24, 2.45) is 13.0 Å². The Kier molecular flexibility index (Phi) is 6.16. The van der Waals surface area contributed by atoms with Crippen LogP contribution < -0.4 is 10.1 Å².